The molecule has 3 rings (SSSR count). The van der Waals surface area contributed by atoms with E-state index in [-0.39, 0.29) is 5.54 Å². The van der Waals surface area contributed by atoms with E-state index >= 15 is 0 Å². The Labute approximate surface area is 143 Å². The van der Waals surface area contributed by atoms with Gasteiger partial charge < -0.3 is 9.64 Å². The van der Waals surface area contributed by atoms with E-state index in [0.29, 0.717) is 25.0 Å². The first kappa shape index (κ1) is 16.9. The first-order valence-electron chi connectivity index (χ1n) is 8.76. The van der Waals surface area contributed by atoms with Crippen LogP contribution >= 0.6 is 11.3 Å². The highest BCUT2D eigenvalue weighted by Crippen LogP contribution is 2.43. The predicted octanol–water partition coefficient (Wildman–Crippen LogP) is 3.13. The van der Waals surface area contributed by atoms with Gasteiger partial charge in [0, 0.05) is 32.7 Å². The quantitative estimate of drug-likeness (QED) is 0.800. The van der Waals surface area contributed by atoms with Crippen molar-refractivity contribution < 1.29 is 9.53 Å². The van der Waals surface area contributed by atoms with Gasteiger partial charge in [0.2, 0.25) is 5.91 Å². The highest BCUT2D eigenvalue weighted by atomic mass is 32.1. The average Bonchev–Trinajstić information content (AvgIpc) is 3.16. The number of nitrogens with zero attached hydrogens (tertiary/aromatic N) is 2. The molecular weight excluding hydrogens is 308 g/mol. The van der Waals surface area contributed by atoms with Crippen molar-refractivity contribution in [1.82, 2.24) is 9.80 Å². The van der Waals surface area contributed by atoms with Gasteiger partial charge in [-0.25, -0.2) is 0 Å². The van der Waals surface area contributed by atoms with Crippen LogP contribution in [0.15, 0.2) is 16.8 Å². The summed E-state index contributed by atoms with van der Waals surface area (Å²) in [7, 11) is 1.72. The number of methoxy groups -OCH3 is 1. The highest BCUT2D eigenvalue weighted by molar-refractivity contribution is 7.07. The number of carbonyl (C=O) groups is 1. The van der Waals surface area contributed by atoms with Crippen LogP contribution in [0.5, 0.6) is 0 Å². The monoisotopic (exact) mass is 336 g/mol. The van der Waals surface area contributed by atoms with E-state index in [1.165, 1.54) is 12.0 Å². The number of ether oxygens (including phenoxy) is 1. The summed E-state index contributed by atoms with van der Waals surface area (Å²) in [5.74, 6) is 0.317. The highest BCUT2D eigenvalue weighted by Gasteiger charge is 2.52. The molecule has 1 aromatic rings. The Morgan fingerprint density at radius 2 is 2.30 bits per heavy atom. The fourth-order valence-corrected chi connectivity index (χ4v) is 5.33. The number of amides is 1. The maximum absolute atomic E-state index is 12.5. The van der Waals surface area contributed by atoms with Crippen LogP contribution in [0.25, 0.3) is 0 Å². The predicted molar refractivity (Wildman–Crippen MR) is 93.6 cm³/mol. The normalized spacial score (nSPS) is 28.9. The number of piperidine rings is 1. The summed E-state index contributed by atoms with van der Waals surface area (Å²) in [6.07, 6.45) is 5.13. The van der Waals surface area contributed by atoms with Gasteiger partial charge in [-0.15, -0.1) is 0 Å². The van der Waals surface area contributed by atoms with Crippen LogP contribution in [-0.4, -0.2) is 54.1 Å². The van der Waals surface area contributed by atoms with Crippen molar-refractivity contribution in [2.24, 2.45) is 0 Å². The Morgan fingerprint density at radius 3 is 3.00 bits per heavy atom. The third kappa shape index (κ3) is 3.19. The second-order valence-electron chi connectivity index (χ2n) is 6.77. The summed E-state index contributed by atoms with van der Waals surface area (Å²) in [6.45, 7) is 5.79. The minimum absolute atomic E-state index is 0.0264. The minimum atomic E-state index is 0.0264. The van der Waals surface area contributed by atoms with Gasteiger partial charge in [-0.3, -0.25) is 9.69 Å². The molecule has 0 aliphatic carbocycles. The first-order chi connectivity index (χ1) is 11.2. The Hall–Kier alpha value is -0.910. The maximum Gasteiger partial charge on any atom is 0.223 e. The smallest absolute Gasteiger partial charge is 0.223 e. The van der Waals surface area contributed by atoms with Crippen LogP contribution in [0.3, 0.4) is 0 Å². The van der Waals surface area contributed by atoms with Crippen molar-refractivity contribution in [1.29, 1.82) is 0 Å². The SMILES string of the molecule is CC[C@@H]1N(Cc2ccsc2)CCC[C@]12CCC(=O)N2CCOC. The summed E-state index contributed by atoms with van der Waals surface area (Å²) < 4.78 is 5.26. The molecule has 2 aliphatic heterocycles. The number of likely N-dealkylation sites (tertiary alicyclic amines) is 2. The summed E-state index contributed by atoms with van der Waals surface area (Å²) >= 11 is 1.77. The second-order valence-corrected chi connectivity index (χ2v) is 7.55. The molecule has 0 saturated carbocycles. The minimum Gasteiger partial charge on any atom is -0.383 e. The van der Waals surface area contributed by atoms with Crippen LogP contribution in [0.1, 0.15) is 44.6 Å². The molecule has 1 spiro atoms. The molecule has 2 atom stereocenters. The van der Waals surface area contributed by atoms with Crippen LogP contribution in [0.4, 0.5) is 0 Å². The van der Waals surface area contributed by atoms with E-state index in [2.05, 4.69) is 33.6 Å². The van der Waals surface area contributed by atoms with Gasteiger partial charge in [-0.05, 0) is 54.6 Å². The topological polar surface area (TPSA) is 32.8 Å². The van der Waals surface area contributed by atoms with Gasteiger partial charge in [-0.2, -0.15) is 11.3 Å². The van der Waals surface area contributed by atoms with E-state index in [9.17, 15) is 4.79 Å². The Balaban J connectivity index is 1.82. The molecule has 4 nitrogen and oxygen atoms in total. The van der Waals surface area contributed by atoms with Crippen LogP contribution in [0.2, 0.25) is 0 Å². The van der Waals surface area contributed by atoms with E-state index in [0.717, 1.165) is 38.9 Å². The van der Waals surface area contributed by atoms with Gasteiger partial charge in [0.15, 0.2) is 0 Å². The molecule has 2 aliphatic rings. The number of hydrogen-bond donors (Lipinski definition) is 0. The lowest BCUT2D eigenvalue weighted by Gasteiger charge is -2.52. The van der Waals surface area contributed by atoms with Crippen LogP contribution in [0, 0.1) is 0 Å². The largest absolute Gasteiger partial charge is 0.383 e. The lowest BCUT2D eigenvalue weighted by atomic mass is 9.77. The zero-order valence-corrected chi connectivity index (χ0v) is 15.1. The van der Waals surface area contributed by atoms with Crippen LogP contribution < -0.4 is 0 Å². The van der Waals surface area contributed by atoms with Gasteiger partial charge in [0.05, 0.1) is 12.1 Å². The zero-order chi connectivity index (χ0) is 16.3. The Morgan fingerprint density at radius 1 is 1.43 bits per heavy atom. The van der Waals surface area contributed by atoms with E-state index in [1.54, 1.807) is 18.4 Å². The second kappa shape index (κ2) is 7.32. The van der Waals surface area contributed by atoms with Crippen molar-refractivity contribution in [2.75, 3.05) is 26.8 Å². The number of hydrogen-bond acceptors (Lipinski definition) is 4. The molecule has 23 heavy (non-hydrogen) atoms. The zero-order valence-electron chi connectivity index (χ0n) is 14.3. The van der Waals surface area contributed by atoms with Gasteiger partial charge >= 0.3 is 0 Å². The third-order valence-electron chi connectivity index (χ3n) is 5.60. The van der Waals surface area contributed by atoms with Crippen molar-refractivity contribution in [3.63, 3.8) is 0 Å². The molecule has 3 heterocycles. The fraction of sp³-hybridized carbons (Fsp3) is 0.722. The van der Waals surface area contributed by atoms with Gasteiger partial charge in [-0.1, -0.05) is 6.92 Å². The van der Waals surface area contributed by atoms with Gasteiger partial charge in [0.1, 0.15) is 0 Å². The molecule has 0 unspecified atom stereocenters. The summed E-state index contributed by atoms with van der Waals surface area (Å²) in [4.78, 5) is 17.3. The fourth-order valence-electron chi connectivity index (χ4n) is 4.67. The molecule has 2 fully saturated rings. The van der Waals surface area contributed by atoms with E-state index < -0.39 is 0 Å². The molecule has 128 valence electrons. The standard InChI is InChI=1S/C18H28N2O2S/c1-3-16-18(8-5-17(21)20(18)10-11-22-2)7-4-9-19(16)13-15-6-12-23-14-15/h6,12,14,16H,3-5,7-11,13H2,1-2H3/t16-,18-/m0/s1. The lowest BCUT2D eigenvalue weighted by Crippen LogP contribution is -2.63. The molecule has 0 N–H and O–H groups in total. The van der Waals surface area contributed by atoms with Crippen molar-refractivity contribution >= 4 is 17.2 Å². The van der Waals surface area contributed by atoms with Crippen LogP contribution in [-0.2, 0) is 16.1 Å². The number of thiophene rings is 1. The third-order valence-corrected chi connectivity index (χ3v) is 6.33. The molecule has 0 radical (unpaired) electrons. The molecule has 0 bridgehead atoms. The molecule has 2 saturated heterocycles. The Bertz CT molecular complexity index is 519. The number of carbonyl (C=O) groups excluding carboxylic acids is 1. The van der Waals surface area contributed by atoms with Gasteiger partial charge in [0.25, 0.3) is 0 Å². The molecule has 1 aromatic heterocycles. The van der Waals surface area contributed by atoms with E-state index in [4.69, 9.17) is 4.74 Å². The molecule has 1 amide bonds. The maximum atomic E-state index is 12.5. The van der Waals surface area contributed by atoms with E-state index in [1.807, 2.05) is 0 Å². The van der Waals surface area contributed by atoms with Crippen molar-refractivity contribution in [3.05, 3.63) is 22.4 Å². The lowest BCUT2D eigenvalue weighted by molar-refractivity contribution is -0.136. The first-order valence-corrected chi connectivity index (χ1v) is 9.70. The Kier molecular flexibility index (Phi) is 5.39. The van der Waals surface area contributed by atoms with Crippen molar-refractivity contribution in [2.45, 2.75) is 57.2 Å². The molecular formula is C18H28N2O2S. The molecule has 5 heteroatoms. The summed E-state index contributed by atoms with van der Waals surface area (Å²) in [5, 5.41) is 4.40. The number of rotatable bonds is 6. The summed E-state index contributed by atoms with van der Waals surface area (Å²) in [5.41, 5.74) is 1.43. The van der Waals surface area contributed by atoms with Crippen molar-refractivity contribution in [3.8, 4) is 0 Å². The molecule has 0 aromatic carbocycles. The average molecular weight is 337 g/mol. The summed E-state index contributed by atoms with van der Waals surface area (Å²) in [6, 6.07) is 2.68.